The molecule has 1 aliphatic heterocycles. The second kappa shape index (κ2) is 5.14. The van der Waals surface area contributed by atoms with Gasteiger partial charge in [0.05, 0.1) is 5.41 Å². The number of aromatic nitrogens is 1. The summed E-state index contributed by atoms with van der Waals surface area (Å²) in [6.07, 6.45) is 5.61. The first-order valence-corrected chi connectivity index (χ1v) is 6.45. The standard InChI is InChI=1S/C12H15BrN2O2/c13-10-4-9(6-15-7-10)5-12(11(16)17)2-1-3-14-8-12/h4,6-7,14H,1-3,5,8H2,(H,16,17). The molecule has 92 valence electrons. The third-order valence-electron chi connectivity index (χ3n) is 3.23. The van der Waals surface area contributed by atoms with E-state index in [2.05, 4.69) is 26.2 Å². The van der Waals surface area contributed by atoms with Gasteiger partial charge in [-0.15, -0.1) is 0 Å². The van der Waals surface area contributed by atoms with Crippen LogP contribution >= 0.6 is 15.9 Å². The lowest BCUT2D eigenvalue weighted by Crippen LogP contribution is -2.47. The van der Waals surface area contributed by atoms with Gasteiger partial charge in [-0.1, -0.05) is 0 Å². The highest BCUT2D eigenvalue weighted by molar-refractivity contribution is 9.10. The zero-order valence-electron chi connectivity index (χ0n) is 9.45. The highest BCUT2D eigenvalue weighted by Gasteiger charge is 2.39. The Morgan fingerprint density at radius 2 is 2.41 bits per heavy atom. The Labute approximate surface area is 109 Å². The minimum absolute atomic E-state index is 0.530. The number of aliphatic carboxylic acids is 1. The summed E-state index contributed by atoms with van der Waals surface area (Å²) in [6.45, 7) is 1.45. The van der Waals surface area contributed by atoms with Crippen molar-refractivity contribution >= 4 is 21.9 Å². The summed E-state index contributed by atoms with van der Waals surface area (Å²) >= 11 is 3.36. The fraction of sp³-hybridized carbons (Fsp3) is 0.500. The summed E-state index contributed by atoms with van der Waals surface area (Å²) in [5, 5.41) is 12.6. The van der Waals surface area contributed by atoms with Crippen molar-refractivity contribution in [3.05, 3.63) is 28.5 Å². The van der Waals surface area contributed by atoms with Crippen LogP contribution in [0.15, 0.2) is 22.9 Å². The zero-order valence-corrected chi connectivity index (χ0v) is 11.0. The number of carbonyl (C=O) groups is 1. The lowest BCUT2D eigenvalue weighted by atomic mass is 9.76. The Hall–Kier alpha value is -0.940. The van der Waals surface area contributed by atoms with Crippen LogP contribution in [0.3, 0.4) is 0 Å². The number of piperidine rings is 1. The van der Waals surface area contributed by atoms with E-state index >= 15 is 0 Å². The fourth-order valence-corrected chi connectivity index (χ4v) is 2.73. The van der Waals surface area contributed by atoms with Gasteiger partial charge in [0.2, 0.25) is 0 Å². The molecule has 0 saturated carbocycles. The molecule has 1 atom stereocenters. The normalized spacial score (nSPS) is 24.5. The van der Waals surface area contributed by atoms with Gasteiger partial charge in [0, 0.05) is 23.4 Å². The van der Waals surface area contributed by atoms with E-state index < -0.39 is 11.4 Å². The number of carboxylic acid groups (broad SMARTS) is 1. The smallest absolute Gasteiger partial charge is 0.311 e. The van der Waals surface area contributed by atoms with E-state index in [0.29, 0.717) is 13.0 Å². The molecule has 5 heteroatoms. The molecule has 17 heavy (non-hydrogen) atoms. The number of carboxylic acids is 1. The van der Waals surface area contributed by atoms with E-state index in [-0.39, 0.29) is 0 Å². The van der Waals surface area contributed by atoms with Gasteiger partial charge in [0.15, 0.2) is 0 Å². The molecule has 4 nitrogen and oxygen atoms in total. The quantitative estimate of drug-likeness (QED) is 0.894. The summed E-state index contributed by atoms with van der Waals surface area (Å²) in [5.74, 6) is -0.718. The minimum Gasteiger partial charge on any atom is -0.481 e. The van der Waals surface area contributed by atoms with E-state index in [0.717, 1.165) is 29.4 Å². The zero-order chi connectivity index (χ0) is 12.3. The lowest BCUT2D eigenvalue weighted by molar-refractivity contribution is -0.150. The summed E-state index contributed by atoms with van der Waals surface area (Å²) in [5.41, 5.74) is 0.284. The molecule has 2 rings (SSSR count). The molecule has 1 aromatic heterocycles. The predicted molar refractivity (Wildman–Crippen MR) is 67.8 cm³/mol. The maximum absolute atomic E-state index is 11.5. The third kappa shape index (κ3) is 2.84. The Bertz CT molecular complexity index is 417. The Morgan fingerprint density at radius 3 is 3.00 bits per heavy atom. The number of nitrogens with zero attached hydrogens (tertiary/aromatic N) is 1. The molecule has 2 heterocycles. The Kier molecular flexibility index (Phi) is 3.79. The van der Waals surface area contributed by atoms with Crippen LogP contribution in [0, 0.1) is 5.41 Å². The van der Waals surface area contributed by atoms with Crippen molar-refractivity contribution in [3.63, 3.8) is 0 Å². The number of pyridine rings is 1. The third-order valence-corrected chi connectivity index (χ3v) is 3.66. The molecule has 0 aliphatic carbocycles. The number of hydrogen-bond acceptors (Lipinski definition) is 3. The van der Waals surface area contributed by atoms with Crippen molar-refractivity contribution in [2.45, 2.75) is 19.3 Å². The van der Waals surface area contributed by atoms with Gasteiger partial charge in [0.1, 0.15) is 0 Å². The van der Waals surface area contributed by atoms with Crippen LogP contribution in [0.4, 0.5) is 0 Å². The topological polar surface area (TPSA) is 62.2 Å². The van der Waals surface area contributed by atoms with Crippen molar-refractivity contribution in [3.8, 4) is 0 Å². The van der Waals surface area contributed by atoms with Crippen molar-refractivity contribution < 1.29 is 9.90 Å². The van der Waals surface area contributed by atoms with Gasteiger partial charge in [-0.05, 0) is 53.4 Å². The summed E-state index contributed by atoms with van der Waals surface area (Å²) in [7, 11) is 0. The molecule has 0 amide bonds. The molecule has 1 unspecified atom stereocenters. The highest BCUT2D eigenvalue weighted by atomic mass is 79.9. The molecule has 0 bridgehead atoms. The molecule has 2 N–H and O–H groups in total. The van der Waals surface area contributed by atoms with Gasteiger partial charge in [-0.3, -0.25) is 9.78 Å². The molecule has 1 saturated heterocycles. The Morgan fingerprint density at radius 1 is 1.59 bits per heavy atom. The molecular weight excluding hydrogens is 284 g/mol. The summed E-state index contributed by atoms with van der Waals surface area (Å²) < 4.78 is 0.888. The van der Waals surface area contributed by atoms with Gasteiger partial charge in [0.25, 0.3) is 0 Å². The maximum atomic E-state index is 11.5. The molecule has 0 spiro atoms. The van der Waals surface area contributed by atoms with Crippen LogP contribution in [0.1, 0.15) is 18.4 Å². The second-order valence-electron chi connectivity index (χ2n) is 4.55. The molecule has 0 radical (unpaired) electrons. The van der Waals surface area contributed by atoms with Crippen LogP contribution in [-0.2, 0) is 11.2 Å². The lowest BCUT2D eigenvalue weighted by Gasteiger charge is -2.33. The summed E-state index contributed by atoms with van der Waals surface area (Å²) in [6, 6.07) is 1.94. The van der Waals surface area contributed by atoms with E-state index in [1.54, 1.807) is 12.4 Å². The number of halogens is 1. The largest absolute Gasteiger partial charge is 0.481 e. The molecule has 1 aliphatic rings. The van der Waals surface area contributed by atoms with Crippen molar-refractivity contribution in [2.75, 3.05) is 13.1 Å². The SMILES string of the molecule is O=C(O)C1(Cc2cncc(Br)c2)CCCNC1. The first kappa shape index (κ1) is 12.5. The van der Waals surface area contributed by atoms with Crippen molar-refractivity contribution in [1.82, 2.24) is 10.3 Å². The molecule has 1 fully saturated rings. The van der Waals surface area contributed by atoms with E-state index in [4.69, 9.17) is 0 Å². The number of rotatable bonds is 3. The van der Waals surface area contributed by atoms with Gasteiger partial charge >= 0.3 is 5.97 Å². The Balaban J connectivity index is 2.20. The molecule has 0 aromatic carbocycles. The molecular formula is C12H15BrN2O2. The van der Waals surface area contributed by atoms with Gasteiger partial charge < -0.3 is 10.4 Å². The van der Waals surface area contributed by atoms with Crippen molar-refractivity contribution in [1.29, 1.82) is 0 Å². The number of hydrogen-bond donors (Lipinski definition) is 2. The first-order chi connectivity index (χ1) is 8.12. The second-order valence-corrected chi connectivity index (χ2v) is 5.47. The average molecular weight is 299 g/mol. The van der Waals surface area contributed by atoms with Crippen LogP contribution in [0.5, 0.6) is 0 Å². The minimum atomic E-state index is -0.718. The van der Waals surface area contributed by atoms with E-state index in [1.807, 2.05) is 6.07 Å². The van der Waals surface area contributed by atoms with Crippen molar-refractivity contribution in [2.24, 2.45) is 5.41 Å². The van der Waals surface area contributed by atoms with Crippen LogP contribution in [-0.4, -0.2) is 29.1 Å². The average Bonchev–Trinajstić information content (AvgIpc) is 2.30. The number of nitrogens with one attached hydrogen (secondary N) is 1. The van der Waals surface area contributed by atoms with E-state index in [1.165, 1.54) is 0 Å². The van der Waals surface area contributed by atoms with Gasteiger partial charge in [-0.2, -0.15) is 0 Å². The van der Waals surface area contributed by atoms with Crippen LogP contribution < -0.4 is 5.32 Å². The fourth-order valence-electron chi connectivity index (χ4n) is 2.32. The first-order valence-electron chi connectivity index (χ1n) is 5.66. The van der Waals surface area contributed by atoms with Gasteiger partial charge in [-0.25, -0.2) is 0 Å². The molecule has 1 aromatic rings. The van der Waals surface area contributed by atoms with Crippen LogP contribution in [0.2, 0.25) is 0 Å². The monoisotopic (exact) mass is 298 g/mol. The maximum Gasteiger partial charge on any atom is 0.311 e. The predicted octanol–water partition coefficient (Wildman–Crippen LogP) is 1.84. The van der Waals surface area contributed by atoms with E-state index in [9.17, 15) is 9.90 Å². The highest BCUT2D eigenvalue weighted by Crippen LogP contribution is 2.31. The van der Waals surface area contributed by atoms with Crippen LogP contribution in [0.25, 0.3) is 0 Å². The summed E-state index contributed by atoms with van der Waals surface area (Å²) in [4.78, 5) is 15.6.